The second kappa shape index (κ2) is 9.14. The van der Waals surface area contributed by atoms with Gasteiger partial charge in [-0.3, -0.25) is 19.7 Å². The average molecular weight is 443 g/mol. The lowest BCUT2D eigenvalue weighted by Crippen LogP contribution is -2.43. The number of esters is 1. The highest BCUT2D eigenvalue weighted by atomic mass is 16.6. The third kappa shape index (κ3) is 4.69. The quantitative estimate of drug-likeness (QED) is 0.276. The highest BCUT2D eigenvalue weighted by Crippen LogP contribution is 2.49. The van der Waals surface area contributed by atoms with Crippen molar-refractivity contribution in [1.29, 1.82) is 0 Å². The molecule has 0 saturated heterocycles. The van der Waals surface area contributed by atoms with Gasteiger partial charge in [0.1, 0.15) is 5.92 Å². The summed E-state index contributed by atoms with van der Waals surface area (Å²) in [6.07, 6.45) is 3.52. The molecule has 1 aromatic rings. The fraction of sp³-hybridized carbons (Fsp3) is 0.500. The number of allylic oxidation sites excluding steroid dienone is 2. The Kier molecular flexibility index (Phi) is 6.71. The lowest BCUT2D eigenvalue weighted by atomic mass is 9.66. The molecule has 1 aromatic carbocycles. The largest absolute Gasteiger partial charge is 0.502 e. The van der Waals surface area contributed by atoms with Crippen LogP contribution in [0.1, 0.15) is 64.4 Å². The zero-order valence-electron chi connectivity index (χ0n) is 18.8. The van der Waals surface area contributed by atoms with Gasteiger partial charge >= 0.3 is 11.7 Å². The second-order valence-corrected chi connectivity index (χ2v) is 9.32. The number of ether oxygens (including phenoxy) is 1. The normalized spacial score (nSPS) is 22.2. The van der Waals surface area contributed by atoms with Gasteiger partial charge in [0, 0.05) is 35.4 Å². The number of carbonyl (C=O) groups excluding carboxylic acids is 2. The minimum absolute atomic E-state index is 0.110. The lowest BCUT2D eigenvalue weighted by Gasteiger charge is -2.42. The summed E-state index contributed by atoms with van der Waals surface area (Å²) in [5, 5.41) is 24.5. The molecule has 2 aliphatic rings. The van der Waals surface area contributed by atoms with E-state index in [1.165, 1.54) is 18.2 Å². The standard InChI is InChI=1S/C24H30N2O6/c1-5-6-7-10-32-23(29)20-14(2)25-16-12-24(3,4)13-19(28)22(16)21(20)15-8-9-18(27)17(11-15)26(30)31/h8-9,11,20-21,25,27H,2,5-7,10,12-13H2,1,3-4H3. The molecule has 8 nitrogen and oxygen atoms in total. The molecule has 2 unspecified atom stereocenters. The number of carbonyl (C=O) groups is 2. The van der Waals surface area contributed by atoms with Crippen LogP contribution in [0, 0.1) is 21.4 Å². The molecule has 172 valence electrons. The van der Waals surface area contributed by atoms with Crippen LogP contribution < -0.4 is 5.32 Å². The number of phenolic OH excluding ortho intramolecular Hbond substituents is 1. The van der Waals surface area contributed by atoms with Gasteiger partial charge in [-0.15, -0.1) is 0 Å². The minimum atomic E-state index is -0.912. The van der Waals surface area contributed by atoms with E-state index in [2.05, 4.69) is 11.9 Å². The molecule has 0 saturated carbocycles. The summed E-state index contributed by atoms with van der Waals surface area (Å²) in [4.78, 5) is 37.1. The van der Waals surface area contributed by atoms with E-state index in [0.29, 0.717) is 35.4 Å². The number of nitrogens with one attached hydrogen (secondary N) is 1. The molecular weight excluding hydrogens is 412 g/mol. The topological polar surface area (TPSA) is 119 Å². The van der Waals surface area contributed by atoms with Crippen molar-refractivity contribution < 1.29 is 24.4 Å². The van der Waals surface area contributed by atoms with Crippen LogP contribution in [-0.2, 0) is 14.3 Å². The number of nitrogens with zero attached hydrogens (tertiary/aromatic N) is 1. The number of rotatable bonds is 7. The Balaban J connectivity index is 2.09. The molecule has 0 bridgehead atoms. The lowest BCUT2D eigenvalue weighted by molar-refractivity contribution is -0.385. The summed E-state index contributed by atoms with van der Waals surface area (Å²) >= 11 is 0. The van der Waals surface area contributed by atoms with Crippen LogP contribution in [0.3, 0.4) is 0 Å². The molecular formula is C24H30N2O6. The SMILES string of the molecule is C=C1NC2=C(C(=O)CC(C)(C)C2)C(c2ccc(O)c([N+](=O)[O-])c2)C1C(=O)OCCCCC. The first kappa shape index (κ1) is 23.5. The van der Waals surface area contributed by atoms with Crippen molar-refractivity contribution in [2.75, 3.05) is 6.61 Å². The number of phenols is 1. The van der Waals surface area contributed by atoms with Gasteiger partial charge in [0.15, 0.2) is 11.5 Å². The number of ketones is 1. The van der Waals surface area contributed by atoms with Gasteiger partial charge in [0.05, 0.1) is 11.5 Å². The Bertz CT molecular complexity index is 994. The van der Waals surface area contributed by atoms with Gasteiger partial charge in [-0.25, -0.2) is 0 Å². The molecule has 0 radical (unpaired) electrons. The summed E-state index contributed by atoms with van der Waals surface area (Å²) in [7, 11) is 0. The highest BCUT2D eigenvalue weighted by Gasteiger charge is 2.47. The number of Topliss-reactive ketones (excluding diaryl/α,β-unsaturated/α-hetero) is 1. The van der Waals surface area contributed by atoms with E-state index in [-0.39, 0.29) is 17.8 Å². The fourth-order valence-electron chi connectivity index (χ4n) is 4.58. The number of nitro benzene ring substituents is 1. The maximum Gasteiger partial charge on any atom is 0.315 e. The predicted molar refractivity (Wildman–Crippen MR) is 119 cm³/mol. The Morgan fingerprint density at radius 3 is 2.72 bits per heavy atom. The van der Waals surface area contributed by atoms with Crippen LogP contribution in [-0.4, -0.2) is 28.4 Å². The van der Waals surface area contributed by atoms with Crippen molar-refractivity contribution in [3.63, 3.8) is 0 Å². The van der Waals surface area contributed by atoms with Gasteiger partial charge in [-0.05, 0) is 29.9 Å². The molecule has 32 heavy (non-hydrogen) atoms. The predicted octanol–water partition coefficient (Wildman–Crippen LogP) is 4.49. The Labute approximate surface area is 187 Å². The van der Waals surface area contributed by atoms with Gasteiger partial charge in [-0.1, -0.05) is 46.3 Å². The molecule has 0 spiro atoms. The van der Waals surface area contributed by atoms with Crippen LogP contribution in [0.4, 0.5) is 5.69 Å². The Morgan fingerprint density at radius 1 is 1.34 bits per heavy atom. The number of hydrogen-bond donors (Lipinski definition) is 2. The van der Waals surface area contributed by atoms with Gasteiger partial charge in [-0.2, -0.15) is 0 Å². The van der Waals surface area contributed by atoms with Crippen molar-refractivity contribution in [1.82, 2.24) is 5.32 Å². The molecule has 1 heterocycles. The molecule has 3 rings (SSSR count). The number of benzene rings is 1. The van der Waals surface area contributed by atoms with Crippen molar-refractivity contribution >= 4 is 17.4 Å². The van der Waals surface area contributed by atoms with Crippen molar-refractivity contribution in [2.45, 2.75) is 58.8 Å². The fourth-order valence-corrected chi connectivity index (χ4v) is 4.58. The average Bonchev–Trinajstić information content (AvgIpc) is 2.69. The van der Waals surface area contributed by atoms with Gasteiger partial charge in [0.25, 0.3) is 0 Å². The number of aromatic hydroxyl groups is 1. The minimum Gasteiger partial charge on any atom is -0.502 e. The van der Waals surface area contributed by atoms with Gasteiger partial charge < -0.3 is 15.2 Å². The molecule has 0 amide bonds. The third-order valence-electron chi connectivity index (χ3n) is 6.05. The first-order chi connectivity index (χ1) is 15.1. The first-order valence-corrected chi connectivity index (χ1v) is 10.9. The van der Waals surface area contributed by atoms with Crippen LogP contribution in [0.25, 0.3) is 0 Å². The summed E-state index contributed by atoms with van der Waals surface area (Å²) in [5.74, 6) is -2.80. The Morgan fingerprint density at radius 2 is 2.06 bits per heavy atom. The summed E-state index contributed by atoms with van der Waals surface area (Å²) in [6.45, 7) is 10.3. The van der Waals surface area contributed by atoms with Crippen molar-refractivity contribution in [3.05, 3.63) is 57.4 Å². The van der Waals surface area contributed by atoms with E-state index in [1.807, 2.05) is 20.8 Å². The van der Waals surface area contributed by atoms with Crippen LogP contribution in [0.2, 0.25) is 0 Å². The van der Waals surface area contributed by atoms with E-state index >= 15 is 0 Å². The van der Waals surface area contributed by atoms with E-state index < -0.39 is 34.2 Å². The van der Waals surface area contributed by atoms with E-state index in [0.717, 1.165) is 19.3 Å². The van der Waals surface area contributed by atoms with Crippen LogP contribution in [0.5, 0.6) is 5.75 Å². The van der Waals surface area contributed by atoms with Gasteiger partial charge in [0.2, 0.25) is 0 Å². The van der Waals surface area contributed by atoms with Crippen molar-refractivity contribution in [3.8, 4) is 5.75 Å². The molecule has 1 aliphatic carbocycles. The van der Waals surface area contributed by atoms with E-state index in [1.54, 1.807) is 0 Å². The molecule has 2 N–H and O–H groups in total. The van der Waals surface area contributed by atoms with E-state index in [4.69, 9.17) is 4.74 Å². The number of hydrogen-bond acceptors (Lipinski definition) is 7. The van der Waals surface area contributed by atoms with Crippen LogP contribution >= 0.6 is 0 Å². The summed E-state index contributed by atoms with van der Waals surface area (Å²) in [5.41, 5.74) is 1.18. The second-order valence-electron chi connectivity index (χ2n) is 9.32. The maximum absolute atomic E-state index is 13.2. The zero-order valence-corrected chi connectivity index (χ0v) is 18.8. The maximum atomic E-state index is 13.2. The highest BCUT2D eigenvalue weighted by molar-refractivity contribution is 6.01. The Hall–Kier alpha value is -3.16. The number of unbranched alkanes of at least 4 members (excludes halogenated alkanes) is 2. The van der Waals surface area contributed by atoms with Crippen LogP contribution in [0.15, 0.2) is 41.7 Å². The first-order valence-electron chi connectivity index (χ1n) is 10.9. The monoisotopic (exact) mass is 442 g/mol. The molecule has 0 fully saturated rings. The molecule has 8 heteroatoms. The third-order valence-corrected chi connectivity index (χ3v) is 6.05. The molecule has 0 aromatic heterocycles. The smallest absolute Gasteiger partial charge is 0.315 e. The van der Waals surface area contributed by atoms with E-state index in [9.17, 15) is 24.8 Å². The summed E-state index contributed by atoms with van der Waals surface area (Å²) < 4.78 is 5.51. The number of nitro groups is 1. The molecule has 2 atom stereocenters. The molecule has 1 aliphatic heterocycles. The zero-order chi connectivity index (χ0) is 23.6. The van der Waals surface area contributed by atoms with Crippen molar-refractivity contribution in [2.24, 2.45) is 11.3 Å². The summed E-state index contributed by atoms with van der Waals surface area (Å²) in [6, 6.07) is 3.97.